The zero-order valence-electron chi connectivity index (χ0n) is 19.9. The van der Waals surface area contributed by atoms with Gasteiger partial charge in [-0.3, -0.25) is 4.79 Å². The summed E-state index contributed by atoms with van der Waals surface area (Å²) in [6, 6.07) is 23.6. The predicted molar refractivity (Wildman–Crippen MR) is 141 cm³/mol. The highest BCUT2D eigenvalue weighted by Crippen LogP contribution is 2.33. The minimum absolute atomic E-state index is 0.0643. The first-order chi connectivity index (χ1) is 17.7. The third kappa shape index (κ3) is 5.99. The van der Waals surface area contributed by atoms with Crippen molar-refractivity contribution in [2.75, 3.05) is 19.7 Å². The van der Waals surface area contributed by atoms with E-state index >= 15 is 0 Å². The van der Waals surface area contributed by atoms with E-state index in [-0.39, 0.29) is 24.0 Å². The third-order valence-electron chi connectivity index (χ3n) is 5.55. The van der Waals surface area contributed by atoms with Gasteiger partial charge in [-0.05, 0) is 36.8 Å². The standard InChI is InChI=1S/C26H25ClN4O5S/c1-2-36-23(32)17-28-25(30-37(34,35)22-15-13-21(27)14-16-22)31-18-26(33,20-11-7-4-8-12-20)24(29-31)19-9-5-3-6-10-19/h3-16,33H,2,17-18H2,1H3,(H,28,30). The van der Waals surface area contributed by atoms with E-state index in [4.69, 9.17) is 16.3 Å². The highest BCUT2D eigenvalue weighted by Gasteiger charge is 2.45. The number of ether oxygens (including phenoxy) is 1. The molecular formula is C26H25ClN4O5S. The lowest BCUT2D eigenvalue weighted by Gasteiger charge is -2.26. The molecule has 0 fully saturated rings. The maximum atomic E-state index is 13.2. The average molecular weight is 541 g/mol. The van der Waals surface area contributed by atoms with E-state index < -0.39 is 28.1 Å². The number of sulfonamides is 1. The Hall–Kier alpha value is -3.73. The van der Waals surface area contributed by atoms with Gasteiger partial charge in [0.2, 0.25) is 5.96 Å². The average Bonchev–Trinajstić information content (AvgIpc) is 3.26. The lowest BCUT2D eigenvalue weighted by molar-refractivity contribution is -0.141. The largest absolute Gasteiger partial charge is 0.465 e. The highest BCUT2D eigenvalue weighted by molar-refractivity contribution is 7.90. The summed E-state index contributed by atoms with van der Waals surface area (Å²) in [4.78, 5) is 16.2. The van der Waals surface area contributed by atoms with Crippen LogP contribution >= 0.6 is 11.6 Å². The van der Waals surface area contributed by atoms with E-state index in [9.17, 15) is 18.3 Å². The smallest absolute Gasteiger partial charge is 0.327 e. The van der Waals surface area contributed by atoms with E-state index in [0.717, 1.165) is 0 Å². The summed E-state index contributed by atoms with van der Waals surface area (Å²) in [5, 5.41) is 18.1. The summed E-state index contributed by atoms with van der Waals surface area (Å²) in [7, 11) is -4.14. The van der Waals surface area contributed by atoms with E-state index in [1.165, 1.54) is 29.3 Å². The SMILES string of the molecule is CCOC(=O)CN=C(NS(=O)(=O)c1ccc(Cl)cc1)N1CC(O)(c2ccccc2)C(c2ccccc2)=N1. The molecule has 9 nitrogen and oxygen atoms in total. The summed E-state index contributed by atoms with van der Waals surface area (Å²) < 4.78 is 33.7. The second-order valence-corrected chi connectivity index (χ2v) is 10.2. The molecule has 0 saturated heterocycles. The van der Waals surface area contributed by atoms with Crippen molar-refractivity contribution in [3.63, 3.8) is 0 Å². The van der Waals surface area contributed by atoms with Crippen LogP contribution in [0.4, 0.5) is 0 Å². The number of hydrazone groups is 1. The third-order valence-corrected chi connectivity index (χ3v) is 7.14. The van der Waals surface area contributed by atoms with Gasteiger partial charge in [0.25, 0.3) is 10.0 Å². The molecule has 1 heterocycles. The molecule has 0 aromatic heterocycles. The van der Waals surface area contributed by atoms with Crippen LogP contribution in [0.1, 0.15) is 18.1 Å². The Labute approximate surface area is 220 Å². The number of esters is 1. The van der Waals surface area contributed by atoms with E-state index in [2.05, 4.69) is 14.8 Å². The fourth-order valence-corrected chi connectivity index (χ4v) is 4.94. The number of aliphatic imine (C=N–C) groups is 1. The minimum Gasteiger partial charge on any atom is -0.465 e. The molecule has 11 heteroatoms. The Morgan fingerprint density at radius 2 is 1.70 bits per heavy atom. The number of aliphatic hydroxyl groups is 1. The molecule has 3 aromatic carbocycles. The second-order valence-electron chi connectivity index (χ2n) is 8.10. The quantitative estimate of drug-likeness (QED) is 0.270. The Morgan fingerprint density at radius 1 is 1.08 bits per heavy atom. The molecule has 0 saturated carbocycles. The normalized spacial score (nSPS) is 17.9. The van der Waals surface area contributed by atoms with E-state index in [1.54, 1.807) is 43.3 Å². The maximum absolute atomic E-state index is 13.2. The molecule has 0 bridgehead atoms. The number of halogens is 1. The van der Waals surface area contributed by atoms with Crippen LogP contribution in [0.3, 0.4) is 0 Å². The van der Waals surface area contributed by atoms with Crippen LogP contribution in [0.2, 0.25) is 5.02 Å². The molecule has 1 aliphatic heterocycles. The summed E-state index contributed by atoms with van der Waals surface area (Å²) in [5.41, 5.74) is -0.0974. The zero-order chi connectivity index (χ0) is 26.5. The first kappa shape index (κ1) is 26.3. The van der Waals surface area contributed by atoms with Crippen molar-refractivity contribution < 1.29 is 23.1 Å². The molecule has 0 aliphatic carbocycles. The van der Waals surface area contributed by atoms with Gasteiger partial charge in [0.05, 0.1) is 18.0 Å². The van der Waals surface area contributed by atoms with Crippen LogP contribution in [-0.2, 0) is 25.2 Å². The van der Waals surface area contributed by atoms with Gasteiger partial charge >= 0.3 is 5.97 Å². The summed E-state index contributed by atoms with van der Waals surface area (Å²) in [6.45, 7) is 1.19. The van der Waals surface area contributed by atoms with Gasteiger partial charge in [-0.25, -0.2) is 23.1 Å². The van der Waals surface area contributed by atoms with Crippen molar-refractivity contribution in [3.05, 3.63) is 101 Å². The lowest BCUT2D eigenvalue weighted by Crippen LogP contribution is -2.45. The molecule has 2 N–H and O–H groups in total. The monoisotopic (exact) mass is 540 g/mol. The predicted octanol–water partition coefficient (Wildman–Crippen LogP) is 3.15. The van der Waals surface area contributed by atoms with Crippen molar-refractivity contribution in [1.29, 1.82) is 0 Å². The highest BCUT2D eigenvalue weighted by atomic mass is 35.5. The van der Waals surface area contributed by atoms with Crippen molar-refractivity contribution in [1.82, 2.24) is 9.73 Å². The fourth-order valence-electron chi connectivity index (χ4n) is 3.79. The molecule has 37 heavy (non-hydrogen) atoms. The van der Waals surface area contributed by atoms with Crippen LogP contribution in [0.15, 0.2) is 99.9 Å². The number of guanidine groups is 1. The van der Waals surface area contributed by atoms with Gasteiger partial charge in [-0.1, -0.05) is 72.3 Å². The van der Waals surface area contributed by atoms with Crippen LogP contribution in [-0.4, -0.2) is 55.9 Å². The van der Waals surface area contributed by atoms with E-state index in [1.807, 2.05) is 24.3 Å². The molecule has 1 aliphatic rings. The minimum atomic E-state index is -4.14. The number of carbonyl (C=O) groups excluding carboxylic acids is 1. The van der Waals surface area contributed by atoms with Gasteiger partial charge in [0.15, 0.2) is 5.60 Å². The first-order valence-corrected chi connectivity index (χ1v) is 13.3. The number of benzene rings is 3. The summed E-state index contributed by atoms with van der Waals surface area (Å²) >= 11 is 5.91. The molecule has 3 aromatic rings. The number of nitrogens with zero attached hydrogens (tertiary/aromatic N) is 3. The Balaban J connectivity index is 1.76. The first-order valence-electron chi connectivity index (χ1n) is 11.4. The van der Waals surface area contributed by atoms with Gasteiger partial charge in [0, 0.05) is 10.6 Å². The van der Waals surface area contributed by atoms with Gasteiger partial charge in [-0.15, -0.1) is 0 Å². The van der Waals surface area contributed by atoms with Crippen LogP contribution in [0.25, 0.3) is 0 Å². The molecule has 1 unspecified atom stereocenters. The number of hydrogen-bond acceptors (Lipinski definition) is 7. The molecule has 0 radical (unpaired) electrons. The lowest BCUT2D eigenvalue weighted by atomic mass is 9.86. The van der Waals surface area contributed by atoms with Crippen molar-refractivity contribution in [3.8, 4) is 0 Å². The number of β-amino-alcohol motifs (C(OH)–C–C–N with tert-alkyl or cyclic N) is 1. The molecule has 4 rings (SSSR count). The van der Waals surface area contributed by atoms with Gasteiger partial charge in [0.1, 0.15) is 12.3 Å². The number of rotatable bonds is 7. The molecular weight excluding hydrogens is 516 g/mol. The summed E-state index contributed by atoms with van der Waals surface area (Å²) in [5.74, 6) is -0.890. The van der Waals surface area contributed by atoms with Crippen LogP contribution < -0.4 is 4.72 Å². The molecule has 1 atom stereocenters. The van der Waals surface area contributed by atoms with Crippen molar-refractivity contribution in [2.45, 2.75) is 17.4 Å². The number of carbonyl (C=O) groups is 1. The van der Waals surface area contributed by atoms with Crippen LogP contribution in [0, 0.1) is 0 Å². The number of nitrogens with one attached hydrogen (secondary N) is 1. The van der Waals surface area contributed by atoms with Gasteiger partial charge < -0.3 is 9.84 Å². The Kier molecular flexibility index (Phi) is 7.91. The van der Waals surface area contributed by atoms with Crippen molar-refractivity contribution >= 4 is 39.3 Å². The molecule has 192 valence electrons. The molecule has 0 spiro atoms. The van der Waals surface area contributed by atoms with Crippen molar-refractivity contribution in [2.24, 2.45) is 10.1 Å². The number of hydrogen-bond donors (Lipinski definition) is 2. The second kappa shape index (κ2) is 11.1. The zero-order valence-corrected chi connectivity index (χ0v) is 21.5. The maximum Gasteiger partial charge on any atom is 0.327 e. The Bertz CT molecular complexity index is 1410. The summed E-state index contributed by atoms with van der Waals surface area (Å²) in [6.07, 6.45) is 0. The molecule has 0 amide bonds. The topological polar surface area (TPSA) is 121 Å². The Morgan fingerprint density at radius 3 is 2.32 bits per heavy atom. The fraction of sp³-hybridized carbons (Fsp3) is 0.192. The van der Waals surface area contributed by atoms with Crippen LogP contribution in [0.5, 0.6) is 0 Å². The van der Waals surface area contributed by atoms with E-state index in [0.29, 0.717) is 21.9 Å². The van der Waals surface area contributed by atoms with Gasteiger partial charge in [-0.2, -0.15) is 5.10 Å².